The summed E-state index contributed by atoms with van der Waals surface area (Å²) in [6.45, 7) is 3.82. The molecular formula is C26H33N15O11S3. The van der Waals surface area contributed by atoms with Gasteiger partial charge in [-0.1, -0.05) is 23.1 Å². The highest BCUT2D eigenvalue weighted by atomic mass is 32.2. The fourth-order valence-electron chi connectivity index (χ4n) is 4.20. The predicted molar refractivity (Wildman–Crippen MR) is 190 cm³/mol. The first-order chi connectivity index (χ1) is 25.1. The number of Topliss-reactive ketones (excluding diaryl/α,β-unsaturated/α-hetero) is 3. The molecule has 6 aromatic heterocycles. The van der Waals surface area contributed by atoms with E-state index in [4.69, 9.17) is 0 Å². The number of imidazole rings is 3. The first-order valence-electron chi connectivity index (χ1n) is 14.7. The minimum absolute atomic E-state index is 0. The van der Waals surface area contributed by atoms with E-state index in [0.29, 0.717) is 4.68 Å². The van der Waals surface area contributed by atoms with E-state index in [-0.39, 0.29) is 77.0 Å². The summed E-state index contributed by atoms with van der Waals surface area (Å²) in [5.41, 5.74) is -1.47. The molecule has 1 atom stereocenters. The van der Waals surface area contributed by atoms with Crippen molar-refractivity contribution in [1.29, 1.82) is 0 Å². The summed E-state index contributed by atoms with van der Waals surface area (Å²) in [5, 5.41) is 21.8. The number of aromatic nitrogens is 15. The molecule has 6 aromatic rings. The van der Waals surface area contributed by atoms with Gasteiger partial charge in [0.1, 0.15) is 40.6 Å². The number of carbonyl (C=O) groups is 3. The Labute approximate surface area is 311 Å². The van der Waals surface area contributed by atoms with Crippen molar-refractivity contribution in [2.75, 3.05) is 24.5 Å². The minimum atomic E-state index is -3.42. The first kappa shape index (κ1) is 43.3. The highest BCUT2D eigenvalue weighted by Crippen LogP contribution is 2.05. The molecule has 0 amide bonds. The van der Waals surface area contributed by atoms with Crippen molar-refractivity contribution in [3.63, 3.8) is 0 Å². The Bertz CT molecular complexity index is 2890. The molecule has 0 fully saturated rings. The summed E-state index contributed by atoms with van der Waals surface area (Å²) in [4.78, 5) is 80.6. The van der Waals surface area contributed by atoms with E-state index in [9.17, 15) is 49.8 Å². The summed E-state index contributed by atoms with van der Waals surface area (Å²) in [7, 11) is -7.84. The lowest BCUT2D eigenvalue weighted by Crippen LogP contribution is -2.32. The Hall–Kier alpha value is -6.10. The average Bonchev–Trinajstić information content (AvgIpc) is 3.80. The first-order valence-corrected chi connectivity index (χ1v) is 20.5. The van der Waals surface area contributed by atoms with Gasteiger partial charge in [0.25, 0.3) is 0 Å². The number of nitrogens with zero attached hydrogens (tertiary/aromatic N) is 15. The van der Waals surface area contributed by atoms with Gasteiger partial charge in [-0.05, 0) is 0 Å². The maximum absolute atomic E-state index is 12.0. The fraction of sp³-hybridized carbons (Fsp3) is 0.423. The molecule has 296 valence electrons. The molecule has 0 saturated carbocycles. The van der Waals surface area contributed by atoms with Gasteiger partial charge in [0.15, 0.2) is 61.2 Å². The molecule has 0 spiro atoms. The monoisotopic (exact) mass is 827 g/mol. The van der Waals surface area contributed by atoms with Crippen molar-refractivity contribution >= 4 is 64.8 Å². The van der Waals surface area contributed by atoms with Crippen LogP contribution >= 0.6 is 0 Å². The van der Waals surface area contributed by atoms with Gasteiger partial charge >= 0.3 is 17.1 Å². The fourth-order valence-corrected chi connectivity index (χ4v) is 5.82. The number of carbonyl (C=O) groups excluding carboxylic acids is 3. The lowest BCUT2D eigenvalue weighted by atomic mass is 10.3. The van der Waals surface area contributed by atoms with Crippen LogP contribution in [0.5, 0.6) is 0 Å². The van der Waals surface area contributed by atoms with Gasteiger partial charge in [0.05, 0.1) is 12.3 Å². The minimum Gasteiger partial charge on any atom is -0.293 e. The lowest BCUT2D eigenvalue weighted by molar-refractivity contribution is 0.100. The van der Waals surface area contributed by atoms with E-state index in [1.165, 1.54) is 39.7 Å². The Morgan fingerprint density at radius 2 is 0.964 bits per heavy atom. The molecule has 0 aliphatic heterocycles. The number of ketones is 3. The van der Waals surface area contributed by atoms with Crippen molar-refractivity contribution in [2.45, 2.75) is 46.5 Å². The molecule has 0 aromatic carbocycles. The van der Waals surface area contributed by atoms with E-state index in [0.717, 1.165) is 41.4 Å². The normalized spacial score (nSPS) is 12.0. The topological polar surface area (TPSA) is 332 Å². The Balaban J connectivity index is 0.000000220. The maximum Gasteiger partial charge on any atom is 0.353 e. The number of hydrogen-bond donors (Lipinski definition) is 0. The van der Waals surface area contributed by atoms with Crippen LogP contribution in [-0.2, 0) is 48.8 Å². The highest BCUT2D eigenvalue weighted by Gasteiger charge is 2.18. The van der Waals surface area contributed by atoms with E-state index in [2.05, 4.69) is 45.9 Å². The van der Waals surface area contributed by atoms with Crippen molar-refractivity contribution in [3.05, 3.63) is 67.5 Å². The van der Waals surface area contributed by atoms with Crippen LogP contribution in [0.3, 0.4) is 0 Å². The second kappa shape index (κ2) is 16.9. The third-order valence-electron chi connectivity index (χ3n) is 6.58. The standard InChI is InChI=1S/C9H11N5O4S.C8H9N5O4S.C8H9N5O3S.CH4/c1-6(15)7-8-11-12-14(3-4-19(2,17)18)9(16)13(8)5-10-7;1-5(14)6-7-10-11-13(4-18(2,16)17)8(15)12(7)3-9-6;1-5(14)6-7-10-11-13(4-17(2)16)8(15)12(7)3-9-6;/h5H,3-4H2,1-2H3;3H,4H2,1-2H3;3H,4H2,1-2H3;1H4. The average molecular weight is 828 g/mol. The van der Waals surface area contributed by atoms with Crippen LogP contribution in [0.15, 0.2) is 33.4 Å². The highest BCUT2D eigenvalue weighted by molar-refractivity contribution is 7.90. The van der Waals surface area contributed by atoms with Gasteiger partial charge in [-0.2, -0.15) is 14.0 Å². The van der Waals surface area contributed by atoms with Gasteiger partial charge in [-0.25, -0.2) is 59.4 Å². The zero-order valence-electron chi connectivity index (χ0n) is 29.0. The SMILES string of the molecule is C.CC(=O)c1ncn2c(=O)n(CCS(C)(=O)=O)nnc12.CC(=O)c1ncn2c(=O)n(CS(C)(=O)=O)nnc12.CC(=O)c1ncn2c(=O)n(CS(C)=O)nnc12. The van der Waals surface area contributed by atoms with E-state index >= 15 is 0 Å². The van der Waals surface area contributed by atoms with Gasteiger partial charge in [-0.15, -0.1) is 15.3 Å². The van der Waals surface area contributed by atoms with Gasteiger partial charge < -0.3 is 0 Å². The summed E-state index contributed by atoms with van der Waals surface area (Å²) in [6.07, 6.45) is 6.97. The second-order valence-corrected chi connectivity index (χ2v) is 17.0. The third kappa shape index (κ3) is 10.3. The van der Waals surface area contributed by atoms with Crippen molar-refractivity contribution in [1.82, 2.24) is 73.1 Å². The molecule has 0 saturated heterocycles. The number of fused-ring (bicyclic) bond motifs is 3. The number of sulfone groups is 2. The lowest BCUT2D eigenvalue weighted by Gasteiger charge is -2.02. The molecular weight excluding hydrogens is 795 g/mol. The van der Waals surface area contributed by atoms with Crippen molar-refractivity contribution in [2.24, 2.45) is 0 Å². The van der Waals surface area contributed by atoms with Crippen LogP contribution in [0.2, 0.25) is 0 Å². The van der Waals surface area contributed by atoms with Gasteiger partial charge in [0.2, 0.25) is 0 Å². The summed E-state index contributed by atoms with van der Waals surface area (Å²) in [6, 6.07) is 0. The van der Waals surface area contributed by atoms with Gasteiger partial charge in [0, 0.05) is 50.3 Å². The molecule has 0 N–H and O–H groups in total. The van der Waals surface area contributed by atoms with Crippen molar-refractivity contribution in [3.8, 4) is 0 Å². The molecule has 0 radical (unpaired) electrons. The Morgan fingerprint density at radius 3 is 1.31 bits per heavy atom. The Morgan fingerprint density at radius 1 is 0.618 bits per heavy atom. The van der Waals surface area contributed by atoms with Crippen LogP contribution < -0.4 is 17.1 Å². The van der Waals surface area contributed by atoms with E-state index in [1.54, 1.807) is 0 Å². The number of aryl methyl sites for hydroxylation is 1. The third-order valence-corrected chi connectivity index (χ3v) is 8.83. The van der Waals surface area contributed by atoms with Crippen LogP contribution in [0.4, 0.5) is 0 Å². The van der Waals surface area contributed by atoms with E-state index in [1.807, 2.05) is 0 Å². The van der Waals surface area contributed by atoms with Crippen LogP contribution in [0.1, 0.15) is 59.7 Å². The molecule has 0 aliphatic rings. The quantitative estimate of drug-likeness (QED) is 0.121. The maximum atomic E-state index is 12.0. The summed E-state index contributed by atoms with van der Waals surface area (Å²) < 4.78 is 61.0. The summed E-state index contributed by atoms with van der Waals surface area (Å²) >= 11 is 0. The number of hydrogen-bond acceptors (Lipinski definition) is 20. The molecule has 0 aliphatic carbocycles. The molecule has 55 heavy (non-hydrogen) atoms. The summed E-state index contributed by atoms with van der Waals surface area (Å²) in [5.74, 6) is -1.82. The smallest absolute Gasteiger partial charge is 0.293 e. The largest absolute Gasteiger partial charge is 0.353 e. The van der Waals surface area contributed by atoms with Crippen LogP contribution in [-0.4, -0.2) is 136 Å². The van der Waals surface area contributed by atoms with Crippen LogP contribution in [0.25, 0.3) is 16.9 Å². The molecule has 6 rings (SSSR count). The molecule has 29 heteroatoms. The second-order valence-electron chi connectivity index (χ2n) is 11.3. The van der Waals surface area contributed by atoms with E-state index < -0.39 is 53.4 Å². The molecule has 1 unspecified atom stereocenters. The zero-order valence-corrected chi connectivity index (χ0v) is 31.4. The molecule has 26 nitrogen and oxygen atoms in total. The molecule has 6 heterocycles. The molecule has 0 bridgehead atoms. The zero-order chi connectivity index (χ0) is 40.3. The predicted octanol–water partition coefficient (Wildman–Crippen LogP) is -3.52. The van der Waals surface area contributed by atoms with Crippen LogP contribution in [0, 0.1) is 0 Å². The Kier molecular flexibility index (Phi) is 13.3. The van der Waals surface area contributed by atoms with Crippen molar-refractivity contribution < 1.29 is 35.4 Å². The van der Waals surface area contributed by atoms with Gasteiger partial charge in [-0.3, -0.25) is 18.6 Å². The number of rotatable bonds is 10.